The molecule has 2 fully saturated rings. The maximum atomic E-state index is 6.56. The lowest BCUT2D eigenvalue weighted by Crippen LogP contribution is -2.32. The lowest BCUT2D eigenvalue weighted by molar-refractivity contribution is 0.0273. The van der Waals surface area contributed by atoms with E-state index in [1.807, 2.05) is 36.4 Å². The van der Waals surface area contributed by atoms with E-state index in [1.54, 1.807) is 0 Å². The highest BCUT2D eigenvalue weighted by molar-refractivity contribution is 6.33. The number of rotatable bonds is 4. The number of benzene rings is 2. The molecule has 0 bridgehead atoms. The summed E-state index contributed by atoms with van der Waals surface area (Å²) in [4.78, 5) is 12.4. The molecule has 7 heteroatoms. The molecule has 0 aliphatic carbocycles. The topological polar surface area (TPSA) is 69.3 Å². The molecular formula is C24H20ClN3O3. The Labute approximate surface area is 184 Å². The minimum absolute atomic E-state index is 0.0385. The van der Waals surface area contributed by atoms with Crippen LogP contribution >= 0.6 is 11.6 Å². The summed E-state index contributed by atoms with van der Waals surface area (Å²) in [5.74, 6) is 0. The zero-order valence-corrected chi connectivity index (χ0v) is 17.4. The maximum absolute atomic E-state index is 6.56. The van der Waals surface area contributed by atoms with E-state index in [0.29, 0.717) is 35.6 Å². The van der Waals surface area contributed by atoms with E-state index in [0.717, 1.165) is 23.1 Å². The second kappa shape index (κ2) is 7.64. The molecule has 0 spiro atoms. The average molecular weight is 434 g/mol. The molecule has 4 heterocycles. The van der Waals surface area contributed by atoms with Crippen molar-refractivity contribution in [1.82, 2.24) is 15.0 Å². The molecular weight excluding hydrogens is 414 g/mol. The van der Waals surface area contributed by atoms with Gasteiger partial charge in [-0.05, 0) is 23.6 Å². The largest absolute Gasteiger partial charge is 0.456 e. The number of hydrogen-bond acceptors (Lipinski definition) is 5. The first-order valence-corrected chi connectivity index (χ1v) is 10.7. The quantitative estimate of drug-likeness (QED) is 0.496. The summed E-state index contributed by atoms with van der Waals surface area (Å²) >= 11 is 6.56. The second-order valence-electron chi connectivity index (χ2n) is 7.83. The number of nitrogens with one attached hydrogen (secondary N) is 1. The van der Waals surface area contributed by atoms with Crippen LogP contribution in [-0.4, -0.2) is 46.5 Å². The number of hydrogen-bond donors (Lipinski definition) is 1. The number of aromatic amines is 1. The molecule has 3 atom stereocenters. The number of imidazole rings is 1. The van der Waals surface area contributed by atoms with Crippen molar-refractivity contribution in [2.45, 2.75) is 24.7 Å². The van der Waals surface area contributed by atoms with Crippen LogP contribution in [0.3, 0.4) is 0 Å². The highest BCUT2D eigenvalue weighted by Crippen LogP contribution is 2.32. The first-order chi connectivity index (χ1) is 15.2. The van der Waals surface area contributed by atoms with Gasteiger partial charge in [0.1, 0.15) is 6.10 Å². The Morgan fingerprint density at radius 1 is 0.935 bits per heavy atom. The Morgan fingerprint density at radius 3 is 2.55 bits per heavy atom. The molecule has 2 aromatic carbocycles. The van der Waals surface area contributed by atoms with E-state index in [9.17, 15) is 0 Å². The summed E-state index contributed by atoms with van der Waals surface area (Å²) in [5, 5.41) is 0.554. The van der Waals surface area contributed by atoms with Crippen molar-refractivity contribution in [3.63, 3.8) is 0 Å². The van der Waals surface area contributed by atoms with Crippen LogP contribution in [0.25, 0.3) is 33.5 Å². The third kappa shape index (κ3) is 3.47. The Hall–Kier alpha value is -2.93. The zero-order chi connectivity index (χ0) is 20.8. The average Bonchev–Trinajstić information content (AvgIpc) is 3.51. The normalized spacial score (nSPS) is 22.7. The SMILES string of the molecule is Clc1cc2[nH]c(O[C@H]3CO[C@H]4CCO[C@H]43)nc2nc1-c1ccc(-c2ccccc2)cc1. The first kappa shape index (κ1) is 18.8. The van der Waals surface area contributed by atoms with Gasteiger partial charge in [0.15, 0.2) is 11.8 Å². The summed E-state index contributed by atoms with van der Waals surface area (Å²) in [5.41, 5.74) is 5.22. The minimum Gasteiger partial charge on any atom is -0.456 e. The van der Waals surface area contributed by atoms with Crippen molar-refractivity contribution >= 4 is 22.8 Å². The van der Waals surface area contributed by atoms with Crippen molar-refractivity contribution in [2.75, 3.05) is 13.2 Å². The highest BCUT2D eigenvalue weighted by Gasteiger charge is 2.43. The Morgan fingerprint density at radius 2 is 1.71 bits per heavy atom. The number of ether oxygens (including phenoxy) is 3. The minimum atomic E-state index is -0.173. The summed E-state index contributed by atoms with van der Waals surface area (Å²) in [6.07, 6.45) is 0.818. The standard InChI is InChI=1S/C24H20ClN3O3/c25-17-12-18-23(28-24(26-18)31-20-13-30-19-10-11-29-22(19)20)27-21(17)16-8-6-15(7-9-16)14-4-2-1-3-5-14/h1-9,12,19-20,22H,10-11,13H2,(H,26,27,28)/t19-,20-,22+/m0/s1. The second-order valence-corrected chi connectivity index (χ2v) is 8.23. The lowest BCUT2D eigenvalue weighted by atomic mass is 10.0. The van der Waals surface area contributed by atoms with Crippen LogP contribution in [0, 0.1) is 0 Å². The lowest BCUT2D eigenvalue weighted by Gasteiger charge is -2.15. The molecule has 0 amide bonds. The van der Waals surface area contributed by atoms with Crippen molar-refractivity contribution in [3.05, 3.63) is 65.7 Å². The molecule has 2 aromatic heterocycles. The van der Waals surface area contributed by atoms with E-state index < -0.39 is 0 Å². The molecule has 1 N–H and O–H groups in total. The summed E-state index contributed by atoms with van der Waals surface area (Å²) in [6.45, 7) is 1.21. The van der Waals surface area contributed by atoms with Crippen LogP contribution in [0.15, 0.2) is 60.7 Å². The fourth-order valence-corrected chi connectivity index (χ4v) is 4.54. The molecule has 4 aromatic rings. The van der Waals surface area contributed by atoms with Crippen LogP contribution in [0.1, 0.15) is 6.42 Å². The predicted molar refractivity (Wildman–Crippen MR) is 118 cm³/mol. The summed E-state index contributed by atoms with van der Waals surface area (Å²) < 4.78 is 17.5. The molecule has 0 saturated carbocycles. The van der Waals surface area contributed by atoms with E-state index in [-0.39, 0.29) is 18.3 Å². The fraction of sp³-hybridized carbons (Fsp3) is 0.250. The van der Waals surface area contributed by atoms with Crippen LogP contribution in [0.5, 0.6) is 6.01 Å². The highest BCUT2D eigenvalue weighted by atomic mass is 35.5. The molecule has 2 aliphatic rings. The number of fused-ring (bicyclic) bond motifs is 2. The van der Waals surface area contributed by atoms with E-state index in [1.165, 1.54) is 5.56 Å². The Kier molecular flexibility index (Phi) is 4.64. The van der Waals surface area contributed by atoms with Crippen molar-refractivity contribution in [3.8, 4) is 28.4 Å². The molecule has 2 aliphatic heterocycles. The Bertz CT molecular complexity index is 1230. The zero-order valence-electron chi connectivity index (χ0n) is 16.6. The molecule has 0 radical (unpaired) electrons. The van der Waals surface area contributed by atoms with Gasteiger partial charge in [-0.2, -0.15) is 4.98 Å². The molecule has 156 valence electrons. The van der Waals surface area contributed by atoms with E-state index in [2.05, 4.69) is 34.2 Å². The molecule has 0 unspecified atom stereocenters. The number of pyridine rings is 1. The van der Waals surface area contributed by atoms with E-state index >= 15 is 0 Å². The van der Waals surface area contributed by atoms with Crippen LogP contribution < -0.4 is 4.74 Å². The van der Waals surface area contributed by atoms with Gasteiger partial charge >= 0.3 is 0 Å². The van der Waals surface area contributed by atoms with Gasteiger partial charge in [-0.15, -0.1) is 0 Å². The molecule has 6 nitrogen and oxygen atoms in total. The summed E-state index contributed by atoms with van der Waals surface area (Å²) in [6, 6.07) is 20.7. The molecule has 2 saturated heterocycles. The van der Waals surface area contributed by atoms with Crippen LogP contribution in [-0.2, 0) is 9.47 Å². The van der Waals surface area contributed by atoms with Gasteiger partial charge < -0.3 is 19.2 Å². The Balaban J connectivity index is 1.28. The molecule has 6 rings (SSSR count). The number of nitrogens with zero attached hydrogens (tertiary/aromatic N) is 2. The first-order valence-electron chi connectivity index (χ1n) is 10.4. The third-order valence-corrected chi connectivity index (χ3v) is 6.14. The molecule has 31 heavy (non-hydrogen) atoms. The van der Waals surface area contributed by atoms with E-state index in [4.69, 9.17) is 30.8 Å². The van der Waals surface area contributed by atoms with Gasteiger partial charge in [-0.3, -0.25) is 0 Å². The number of H-pyrrole nitrogens is 1. The smallest absolute Gasteiger partial charge is 0.296 e. The van der Waals surface area contributed by atoms with Gasteiger partial charge in [-0.1, -0.05) is 66.2 Å². The predicted octanol–water partition coefficient (Wildman–Crippen LogP) is 4.88. The number of halogens is 1. The summed E-state index contributed by atoms with van der Waals surface area (Å²) in [7, 11) is 0. The van der Waals surface area contributed by atoms with Gasteiger partial charge in [0.2, 0.25) is 0 Å². The van der Waals surface area contributed by atoms with Crippen LogP contribution in [0.4, 0.5) is 0 Å². The van der Waals surface area contributed by atoms with Crippen molar-refractivity contribution in [2.24, 2.45) is 0 Å². The van der Waals surface area contributed by atoms with Gasteiger partial charge in [0.05, 0.1) is 28.9 Å². The van der Waals surface area contributed by atoms with Gasteiger partial charge in [0, 0.05) is 12.2 Å². The van der Waals surface area contributed by atoms with Gasteiger partial charge in [-0.25, -0.2) is 4.98 Å². The van der Waals surface area contributed by atoms with Gasteiger partial charge in [0.25, 0.3) is 6.01 Å². The third-order valence-electron chi connectivity index (χ3n) is 5.85. The fourth-order valence-electron chi connectivity index (χ4n) is 4.28. The van der Waals surface area contributed by atoms with Crippen molar-refractivity contribution in [1.29, 1.82) is 0 Å². The maximum Gasteiger partial charge on any atom is 0.296 e. The van der Waals surface area contributed by atoms with Crippen molar-refractivity contribution < 1.29 is 14.2 Å². The van der Waals surface area contributed by atoms with Crippen LogP contribution in [0.2, 0.25) is 5.02 Å². The monoisotopic (exact) mass is 433 g/mol. The number of aromatic nitrogens is 3.